The molecule has 2 aromatic carbocycles. The summed E-state index contributed by atoms with van der Waals surface area (Å²) in [4.78, 5) is 27.8. The van der Waals surface area contributed by atoms with Crippen molar-refractivity contribution in [2.75, 3.05) is 16.6 Å². The Morgan fingerprint density at radius 2 is 1.67 bits per heavy atom. The van der Waals surface area contributed by atoms with Crippen molar-refractivity contribution in [1.29, 1.82) is 0 Å². The molecule has 0 spiro atoms. The van der Waals surface area contributed by atoms with Gasteiger partial charge in [0.05, 0.1) is 15.5 Å². The number of nitrogens with one attached hydrogen (secondary N) is 2. The van der Waals surface area contributed by atoms with E-state index in [2.05, 4.69) is 15.0 Å². The number of sulfonamides is 1. The summed E-state index contributed by atoms with van der Waals surface area (Å²) in [5.41, 5.74) is 0.522. The van der Waals surface area contributed by atoms with Crippen LogP contribution in [0.25, 0.3) is 0 Å². The number of benzene rings is 2. The molecule has 8 nitrogen and oxygen atoms in total. The molecule has 30 heavy (non-hydrogen) atoms. The second kappa shape index (κ2) is 9.38. The predicted molar refractivity (Wildman–Crippen MR) is 112 cm³/mol. The number of pyridine rings is 1. The van der Waals surface area contributed by atoms with Crippen LogP contribution in [-0.2, 0) is 19.6 Å². The number of halogens is 1. The van der Waals surface area contributed by atoms with Crippen LogP contribution in [0.5, 0.6) is 0 Å². The summed E-state index contributed by atoms with van der Waals surface area (Å²) in [5.74, 6) is -1.08. The fourth-order valence-electron chi connectivity index (χ4n) is 2.33. The zero-order valence-corrected chi connectivity index (χ0v) is 17.0. The lowest BCUT2D eigenvalue weighted by molar-refractivity contribution is -0.119. The Labute approximate surface area is 177 Å². The first-order valence-corrected chi connectivity index (χ1v) is 10.5. The van der Waals surface area contributed by atoms with Crippen molar-refractivity contribution < 1.29 is 22.7 Å². The van der Waals surface area contributed by atoms with Crippen molar-refractivity contribution in [3.63, 3.8) is 0 Å². The van der Waals surface area contributed by atoms with Crippen LogP contribution in [0.15, 0.2) is 77.8 Å². The summed E-state index contributed by atoms with van der Waals surface area (Å²) < 4.78 is 32.2. The Balaban J connectivity index is 1.56. The molecular formula is C20H16ClN3O5S. The third-order valence-corrected chi connectivity index (χ3v) is 5.38. The van der Waals surface area contributed by atoms with E-state index in [4.69, 9.17) is 16.3 Å². The minimum absolute atomic E-state index is 0.0190. The average molecular weight is 446 g/mol. The first-order chi connectivity index (χ1) is 14.3. The van der Waals surface area contributed by atoms with Gasteiger partial charge in [-0.25, -0.2) is 18.2 Å². The number of esters is 1. The maximum atomic E-state index is 12.4. The van der Waals surface area contributed by atoms with Crippen LogP contribution in [0.2, 0.25) is 5.02 Å². The Kier molecular flexibility index (Phi) is 6.65. The van der Waals surface area contributed by atoms with Crippen LogP contribution in [0.3, 0.4) is 0 Å². The Morgan fingerprint density at radius 1 is 0.967 bits per heavy atom. The van der Waals surface area contributed by atoms with Crippen LogP contribution < -0.4 is 10.0 Å². The highest BCUT2D eigenvalue weighted by atomic mass is 35.5. The van der Waals surface area contributed by atoms with Crippen LogP contribution in [0.4, 0.5) is 11.5 Å². The number of aromatic nitrogens is 1. The minimum atomic E-state index is -3.80. The minimum Gasteiger partial charge on any atom is -0.452 e. The van der Waals surface area contributed by atoms with Gasteiger partial charge in [-0.15, -0.1) is 0 Å². The molecule has 1 heterocycles. The summed E-state index contributed by atoms with van der Waals surface area (Å²) in [6, 6.07) is 16.6. The van der Waals surface area contributed by atoms with Gasteiger partial charge in [-0.2, -0.15) is 0 Å². The summed E-state index contributed by atoms with van der Waals surface area (Å²) >= 11 is 5.71. The first-order valence-electron chi connectivity index (χ1n) is 8.60. The van der Waals surface area contributed by atoms with Crippen molar-refractivity contribution in [3.8, 4) is 0 Å². The van der Waals surface area contributed by atoms with Gasteiger partial charge in [0, 0.05) is 11.9 Å². The van der Waals surface area contributed by atoms with Crippen molar-refractivity contribution in [1.82, 2.24) is 4.98 Å². The van der Waals surface area contributed by atoms with E-state index in [0.717, 1.165) is 0 Å². The highest BCUT2D eigenvalue weighted by Crippen LogP contribution is 2.17. The maximum absolute atomic E-state index is 12.4. The van der Waals surface area contributed by atoms with Gasteiger partial charge in [-0.1, -0.05) is 29.8 Å². The van der Waals surface area contributed by atoms with Gasteiger partial charge in [0.25, 0.3) is 15.9 Å². The molecule has 10 heteroatoms. The van der Waals surface area contributed by atoms with E-state index in [1.165, 1.54) is 36.5 Å². The van der Waals surface area contributed by atoms with Gasteiger partial charge in [0.15, 0.2) is 6.61 Å². The molecule has 1 amide bonds. The lowest BCUT2D eigenvalue weighted by Crippen LogP contribution is -2.21. The maximum Gasteiger partial charge on any atom is 0.338 e. The smallest absolute Gasteiger partial charge is 0.338 e. The largest absolute Gasteiger partial charge is 0.452 e. The summed E-state index contributed by atoms with van der Waals surface area (Å²) in [6.07, 6.45) is 1.37. The lowest BCUT2D eigenvalue weighted by Gasteiger charge is -2.09. The normalized spacial score (nSPS) is 10.8. The molecule has 0 fully saturated rings. The van der Waals surface area contributed by atoms with Gasteiger partial charge in [0.2, 0.25) is 0 Å². The van der Waals surface area contributed by atoms with Crippen molar-refractivity contribution >= 4 is 45.0 Å². The molecule has 0 aliphatic heterocycles. The number of carbonyl (C=O) groups is 2. The molecule has 0 saturated carbocycles. The third-order valence-electron chi connectivity index (χ3n) is 3.76. The first kappa shape index (κ1) is 21.3. The van der Waals surface area contributed by atoms with Crippen LogP contribution >= 0.6 is 11.6 Å². The van der Waals surface area contributed by atoms with E-state index in [0.29, 0.717) is 10.7 Å². The van der Waals surface area contributed by atoms with Gasteiger partial charge < -0.3 is 10.1 Å². The summed E-state index contributed by atoms with van der Waals surface area (Å²) in [5, 5.41) is 2.87. The second-order valence-electron chi connectivity index (χ2n) is 5.98. The highest BCUT2D eigenvalue weighted by molar-refractivity contribution is 7.92. The number of nitrogens with zero attached hydrogens (tertiary/aromatic N) is 1. The molecule has 0 radical (unpaired) electrons. The number of carbonyl (C=O) groups excluding carboxylic acids is 2. The molecule has 0 unspecified atom stereocenters. The van der Waals surface area contributed by atoms with E-state index in [9.17, 15) is 18.0 Å². The number of amides is 1. The number of para-hydroxylation sites is 1. The molecule has 0 aliphatic rings. The molecule has 0 bridgehead atoms. The van der Waals surface area contributed by atoms with Crippen LogP contribution in [0, 0.1) is 0 Å². The molecule has 0 aliphatic carbocycles. The fourth-order valence-corrected chi connectivity index (χ4v) is 3.50. The molecule has 3 rings (SSSR count). The number of hydrogen-bond donors (Lipinski definition) is 2. The van der Waals surface area contributed by atoms with Gasteiger partial charge in [-0.05, 0) is 48.5 Å². The quantitative estimate of drug-likeness (QED) is 0.539. The SMILES string of the molecule is O=C(COC(=O)c1ccc(S(=O)(=O)Nc2ccccc2)cc1)Nc1ccc(Cl)cn1. The average Bonchev–Trinajstić information content (AvgIpc) is 2.74. The van der Waals surface area contributed by atoms with E-state index in [-0.39, 0.29) is 16.3 Å². The molecular weight excluding hydrogens is 430 g/mol. The van der Waals surface area contributed by atoms with E-state index in [1.807, 2.05) is 0 Å². The fraction of sp³-hybridized carbons (Fsp3) is 0.0500. The standard InChI is InChI=1S/C20H16ClN3O5S/c21-15-8-11-18(22-12-15)23-19(25)13-29-20(26)14-6-9-17(10-7-14)30(27,28)24-16-4-2-1-3-5-16/h1-12,24H,13H2,(H,22,23,25). The monoisotopic (exact) mass is 445 g/mol. The number of ether oxygens (including phenoxy) is 1. The van der Waals surface area contributed by atoms with E-state index < -0.39 is 28.5 Å². The number of rotatable bonds is 7. The van der Waals surface area contributed by atoms with E-state index in [1.54, 1.807) is 36.4 Å². The third kappa shape index (κ3) is 5.79. The van der Waals surface area contributed by atoms with Gasteiger partial charge in [-0.3, -0.25) is 9.52 Å². The topological polar surface area (TPSA) is 114 Å². The van der Waals surface area contributed by atoms with Crippen molar-refractivity contribution in [2.24, 2.45) is 0 Å². The lowest BCUT2D eigenvalue weighted by atomic mass is 10.2. The molecule has 0 atom stereocenters. The van der Waals surface area contributed by atoms with Gasteiger partial charge in [0.1, 0.15) is 5.82 Å². The summed E-state index contributed by atoms with van der Waals surface area (Å²) in [7, 11) is -3.80. The highest BCUT2D eigenvalue weighted by Gasteiger charge is 2.16. The van der Waals surface area contributed by atoms with Crippen LogP contribution in [-0.4, -0.2) is 31.9 Å². The van der Waals surface area contributed by atoms with E-state index >= 15 is 0 Å². The Bertz CT molecular complexity index is 1140. The van der Waals surface area contributed by atoms with Gasteiger partial charge >= 0.3 is 5.97 Å². The predicted octanol–water partition coefficient (Wildman–Crippen LogP) is 3.33. The van der Waals surface area contributed by atoms with Crippen LogP contribution in [0.1, 0.15) is 10.4 Å². The molecule has 154 valence electrons. The molecule has 1 aromatic heterocycles. The number of anilines is 2. The second-order valence-corrected chi connectivity index (χ2v) is 8.10. The Hall–Kier alpha value is -3.43. The zero-order chi connectivity index (χ0) is 21.6. The van der Waals surface area contributed by atoms with Crippen molar-refractivity contribution in [3.05, 3.63) is 83.5 Å². The summed E-state index contributed by atoms with van der Waals surface area (Å²) in [6.45, 7) is -0.529. The molecule has 0 saturated heterocycles. The zero-order valence-electron chi connectivity index (χ0n) is 15.4. The number of hydrogen-bond acceptors (Lipinski definition) is 6. The molecule has 2 N–H and O–H groups in total. The Morgan fingerprint density at radius 3 is 2.30 bits per heavy atom. The van der Waals surface area contributed by atoms with Crippen molar-refractivity contribution in [2.45, 2.75) is 4.90 Å². The molecule has 3 aromatic rings.